The zero-order chi connectivity index (χ0) is 13.9. The van der Waals surface area contributed by atoms with Crippen molar-refractivity contribution < 1.29 is 4.39 Å². The average Bonchev–Trinajstić information content (AvgIpc) is 2.80. The Morgan fingerprint density at radius 1 is 1.35 bits per heavy atom. The minimum absolute atomic E-state index is 0.0938. The average molecular weight is 290 g/mol. The van der Waals surface area contributed by atoms with E-state index in [1.807, 2.05) is 13.1 Å². The van der Waals surface area contributed by atoms with Gasteiger partial charge in [0.05, 0.1) is 0 Å². The number of nitrogens with zero attached hydrogens (tertiary/aromatic N) is 1. The Kier molecular flexibility index (Phi) is 4.15. The second kappa shape index (κ2) is 6.04. The van der Waals surface area contributed by atoms with Gasteiger partial charge >= 0.3 is 0 Å². The molecule has 0 amide bonds. The van der Waals surface area contributed by atoms with Crippen LogP contribution in [-0.2, 0) is 13.1 Å². The van der Waals surface area contributed by atoms with Crippen LogP contribution < -0.4 is 5.32 Å². The van der Waals surface area contributed by atoms with E-state index >= 15 is 0 Å². The van der Waals surface area contributed by atoms with E-state index in [-0.39, 0.29) is 5.82 Å². The third kappa shape index (κ3) is 2.64. The number of benzene rings is 1. The first-order valence-corrected chi connectivity index (χ1v) is 7.82. The summed E-state index contributed by atoms with van der Waals surface area (Å²) in [6, 6.07) is 5.38. The van der Waals surface area contributed by atoms with Crippen molar-refractivity contribution in [3.63, 3.8) is 0 Å². The van der Waals surface area contributed by atoms with E-state index in [4.69, 9.17) is 0 Å². The van der Waals surface area contributed by atoms with Crippen LogP contribution in [-0.4, -0.2) is 25.0 Å². The molecule has 0 fully saturated rings. The second-order valence-electron chi connectivity index (χ2n) is 5.14. The summed E-state index contributed by atoms with van der Waals surface area (Å²) in [5.74, 6) is -0.0938. The normalized spacial score (nSPS) is 16.1. The maximum atomic E-state index is 14.2. The summed E-state index contributed by atoms with van der Waals surface area (Å²) in [5.41, 5.74) is 1.16. The second-order valence-corrected chi connectivity index (χ2v) is 6.28. The Bertz CT molecular complexity index is 633. The van der Waals surface area contributed by atoms with Crippen molar-refractivity contribution >= 4 is 21.4 Å². The van der Waals surface area contributed by atoms with E-state index in [1.54, 1.807) is 23.5 Å². The van der Waals surface area contributed by atoms with Gasteiger partial charge in [-0.15, -0.1) is 11.3 Å². The first-order valence-electron chi connectivity index (χ1n) is 7.00. The molecular formula is C16H19FN2S. The van der Waals surface area contributed by atoms with E-state index in [0.717, 1.165) is 48.2 Å². The van der Waals surface area contributed by atoms with Crippen molar-refractivity contribution in [2.75, 3.05) is 20.1 Å². The van der Waals surface area contributed by atoms with Gasteiger partial charge in [-0.25, -0.2) is 4.39 Å². The van der Waals surface area contributed by atoms with E-state index in [9.17, 15) is 4.39 Å². The molecule has 2 aromatic rings. The number of hydrogen-bond donors (Lipinski definition) is 1. The van der Waals surface area contributed by atoms with Gasteiger partial charge in [0.2, 0.25) is 0 Å². The first-order chi connectivity index (χ1) is 9.79. The van der Waals surface area contributed by atoms with Crippen molar-refractivity contribution in [1.29, 1.82) is 0 Å². The van der Waals surface area contributed by atoms with Crippen LogP contribution in [0.4, 0.5) is 4.39 Å². The topological polar surface area (TPSA) is 15.3 Å². The maximum absolute atomic E-state index is 14.2. The van der Waals surface area contributed by atoms with Crippen molar-refractivity contribution in [3.8, 4) is 0 Å². The fourth-order valence-corrected chi connectivity index (χ4v) is 3.98. The lowest BCUT2D eigenvalue weighted by Gasteiger charge is -2.23. The molecule has 1 aliphatic heterocycles. The van der Waals surface area contributed by atoms with Crippen LogP contribution in [0.1, 0.15) is 16.9 Å². The molecule has 1 aromatic carbocycles. The lowest BCUT2D eigenvalue weighted by atomic mass is 10.1. The predicted molar refractivity (Wildman–Crippen MR) is 83.6 cm³/mol. The lowest BCUT2D eigenvalue weighted by molar-refractivity contribution is 0.291. The van der Waals surface area contributed by atoms with Gasteiger partial charge in [0.1, 0.15) is 5.82 Å². The molecule has 20 heavy (non-hydrogen) atoms. The molecule has 1 aromatic heterocycles. The molecule has 2 nitrogen and oxygen atoms in total. The van der Waals surface area contributed by atoms with Crippen LogP contribution >= 0.6 is 11.3 Å². The smallest absolute Gasteiger partial charge is 0.132 e. The van der Waals surface area contributed by atoms with Crippen molar-refractivity contribution in [1.82, 2.24) is 10.2 Å². The summed E-state index contributed by atoms with van der Waals surface area (Å²) < 4.78 is 15.3. The Balaban J connectivity index is 2.01. The van der Waals surface area contributed by atoms with Crippen LogP contribution in [0.5, 0.6) is 0 Å². The molecule has 4 heteroatoms. The zero-order valence-corrected chi connectivity index (χ0v) is 12.5. The molecule has 0 saturated heterocycles. The van der Waals surface area contributed by atoms with E-state index < -0.39 is 0 Å². The van der Waals surface area contributed by atoms with Crippen LogP contribution in [0.15, 0.2) is 30.4 Å². The molecule has 1 aliphatic rings. The minimum atomic E-state index is -0.0938. The molecule has 0 unspecified atom stereocenters. The number of thiophene rings is 1. The Morgan fingerprint density at radius 3 is 3.00 bits per heavy atom. The van der Waals surface area contributed by atoms with Gasteiger partial charge < -0.3 is 5.32 Å². The van der Waals surface area contributed by atoms with Gasteiger partial charge in [-0.3, -0.25) is 4.90 Å². The van der Waals surface area contributed by atoms with Gasteiger partial charge in [0.25, 0.3) is 0 Å². The van der Waals surface area contributed by atoms with Gasteiger partial charge in [0, 0.05) is 41.1 Å². The summed E-state index contributed by atoms with van der Waals surface area (Å²) in [7, 11) is 1.94. The van der Waals surface area contributed by atoms with Crippen molar-refractivity contribution in [3.05, 3.63) is 46.6 Å². The number of fused-ring (bicyclic) bond motifs is 1. The highest BCUT2D eigenvalue weighted by atomic mass is 32.1. The summed E-state index contributed by atoms with van der Waals surface area (Å²) in [4.78, 5) is 3.63. The molecule has 0 aliphatic carbocycles. The highest BCUT2D eigenvalue weighted by Gasteiger charge is 2.18. The Morgan fingerprint density at radius 2 is 2.25 bits per heavy atom. The molecule has 0 bridgehead atoms. The van der Waals surface area contributed by atoms with Crippen LogP contribution in [0.2, 0.25) is 0 Å². The molecule has 0 spiro atoms. The van der Waals surface area contributed by atoms with E-state index in [0.29, 0.717) is 0 Å². The third-order valence-corrected chi connectivity index (χ3v) is 4.91. The molecule has 2 heterocycles. The van der Waals surface area contributed by atoms with Gasteiger partial charge in [-0.05, 0) is 31.2 Å². The monoisotopic (exact) mass is 290 g/mol. The van der Waals surface area contributed by atoms with E-state index in [1.165, 1.54) is 4.88 Å². The minimum Gasteiger partial charge on any atom is -0.315 e. The number of hydrogen-bond acceptors (Lipinski definition) is 3. The van der Waals surface area contributed by atoms with Gasteiger partial charge in [-0.1, -0.05) is 18.2 Å². The Hall–Kier alpha value is -1.23. The standard InChI is InChI=1S/C16H19FN2S/c1-18-10-15-12(11-19-8-3-2-4-9-19)16-13(17)6-5-7-14(16)20-15/h2-3,5-7,18H,4,8-11H2,1H3. The summed E-state index contributed by atoms with van der Waals surface area (Å²) in [5, 5.41) is 4.01. The SMILES string of the molecule is CNCc1sc2cccc(F)c2c1CN1CC=CCC1. The number of halogens is 1. The molecular weight excluding hydrogens is 271 g/mol. The van der Waals surface area contributed by atoms with Crippen molar-refractivity contribution in [2.45, 2.75) is 19.5 Å². The fraction of sp³-hybridized carbons (Fsp3) is 0.375. The first kappa shape index (κ1) is 13.7. The van der Waals surface area contributed by atoms with Crippen molar-refractivity contribution in [2.24, 2.45) is 0 Å². The highest BCUT2D eigenvalue weighted by Crippen LogP contribution is 2.34. The molecule has 0 atom stereocenters. The van der Waals surface area contributed by atoms with E-state index in [2.05, 4.69) is 22.4 Å². The summed E-state index contributed by atoms with van der Waals surface area (Å²) >= 11 is 1.70. The third-order valence-electron chi connectivity index (χ3n) is 3.71. The lowest BCUT2D eigenvalue weighted by Crippen LogP contribution is -2.27. The van der Waals surface area contributed by atoms with Crippen LogP contribution in [0, 0.1) is 5.82 Å². The molecule has 0 saturated carbocycles. The fourth-order valence-electron chi connectivity index (χ4n) is 2.74. The molecule has 106 valence electrons. The van der Waals surface area contributed by atoms with Gasteiger partial charge in [-0.2, -0.15) is 0 Å². The number of nitrogens with one attached hydrogen (secondary N) is 1. The number of rotatable bonds is 4. The largest absolute Gasteiger partial charge is 0.315 e. The predicted octanol–water partition coefficient (Wildman–Crippen LogP) is 3.52. The molecule has 0 radical (unpaired) electrons. The zero-order valence-electron chi connectivity index (χ0n) is 11.7. The summed E-state index contributed by atoms with van der Waals surface area (Å²) in [6.07, 6.45) is 5.51. The van der Waals surface area contributed by atoms with Crippen LogP contribution in [0.3, 0.4) is 0 Å². The Labute approximate surface area is 122 Å². The highest BCUT2D eigenvalue weighted by molar-refractivity contribution is 7.19. The van der Waals surface area contributed by atoms with Gasteiger partial charge in [0.15, 0.2) is 0 Å². The summed E-state index contributed by atoms with van der Waals surface area (Å²) in [6.45, 7) is 3.66. The molecule has 3 rings (SSSR count). The quantitative estimate of drug-likeness (QED) is 0.867. The molecule has 1 N–H and O–H groups in total. The van der Waals surface area contributed by atoms with Crippen LogP contribution in [0.25, 0.3) is 10.1 Å². The maximum Gasteiger partial charge on any atom is 0.132 e.